The highest BCUT2D eigenvalue weighted by Gasteiger charge is 2.32. The Balaban J connectivity index is 2.46. The Morgan fingerprint density at radius 3 is 3.48 bits per heavy atom. The van der Waals surface area contributed by atoms with E-state index in [4.69, 9.17) is 23.1 Å². The number of carbonyl (C=O) groups excluding carboxylic acids is 1. The van der Waals surface area contributed by atoms with Crippen LogP contribution in [-0.2, 0) is 4.79 Å². The molecule has 0 spiro atoms. The Morgan fingerprint density at radius 1 is 1.83 bits per heavy atom. The number of fused-ring (bicyclic) bond motifs is 1. The predicted octanol–water partition coefficient (Wildman–Crippen LogP) is 1.54. The van der Waals surface area contributed by atoms with E-state index in [-0.39, 0.29) is 22.0 Å². The highest BCUT2D eigenvalue weighted by atomic mass is 16.2. The van der Waals surface area contributed by atoms with Crippen LogP contribution in [-0.4, -0.2) is 51.7 Å². The van der Waals surface area contributed by atoms with E-state index >= 15 is 0 Å². The van der Waals surface area contributed by atoms with Crippen molar-refractivity contribution in [3.05, 3.63) is 18.6 Å². The molecule has 23 heavy (non-hydrogen) atoms. The van der Waals surface area contributed by atoms with Crippen molar-refractivity contribution in [2.75, 3.05) is 24.9 Å². The Kier molecular flexibility index (Phi) is 1.66. The summed E-state index contributed by atoms with van der Waals surface area (Å²) in [6, 6.07) is -2.82. The fourth-order valence-corrected chi connectivity index (χ4v) is 2.00. The minimum absolute atomic E-state index is 0.0653. The molecule has 2 aromatic rings. The molecule has 1 aliphatic heterocycles. The van der Waals surface area contributed by atoms with Crippen LogP contribution in [0.2, 0.25) is 0 Å². The van der Waals surface area contributed by atoms with Crippen LogP contribution in [0.25, 0.3) is 11.0 Å². The number of carbonyl (C=O) groups is 1. The van der Waals surface area contributed by atoms with Crippen LogP contribution in [0.5, 0.6) is 0 Å². The zero-order valence-electron chi connectivity index (χ0n) is 24.9. The van der Waals surface area contributed by atoms with Crippen molar-refractivity contribution in [1.29, 1.82) is 5.26 Å². The average molecular weight is 325 g/mol. The molecule has 0 radical (unpaired) electrons. The number of rotatable bonds is 3. The van der Waals surface area contributed by atoms with Gasteiger partial charge in [-0.3, -0.25) is 4.79 Å². The summed E-state index contributed by atoms with van der Waals surface area (Å²) in [4.78, 5) is 22.8. The van der Waals surface area contributed by atoms with Gasteiger partial charge in [-0.2, -0.15) is 5.26 Å². The van der Waals surface area contributed by atoms with Crippen LogP contribution >= 0.6 is 0 Å². The van der Waals surface area contributed by atoms with Gasteiger partial charge in [-0.1, -0.05) is 6.92 Å². The Labute approximate surface area is 153 Å². The minimum atomic E-state index is -3.78. The number of aromatic nitrogens is 3. The van der Waals surface area contributed by atoms with Crippen LogP contribution in [0.4, 0.5) is 5.82 Å². The molecule has 0 saturated carbocycles. The maximum absolute atomic E-state index is 13.0. The Bertz CT molecular complexity index is 1250. The topological polar surface area (TPSA) is 88.9 Å². The molecule has 0 unspecified atom stereocenters. The first-order valence-electron chi connectivity index (χ1n) is 13.0. The molecule has 2 atom stereocenters. The van der Waals surface area contributed by atoms with Gasteiger partial charge in [-0.05, 0) is 18.3 Å². The predicted molar refractivity (Wildman–Crippen MR) is 86.7 cm³/mol. The summed E-state index contributed by atoms with van der Waals surface area (Å²) in [6.07, 6.45) is -4.95. The molecule has 0 aromatic carbocycles. The first-order valence-corrected chi connectivity index (χ1v) is 6.47. The summed E-state index contributed by atoms with van der Waals surface area (Å²) < 4.78 is 107. The van der Waals surface area contributed by atoms with Gasteiger partial charge in [0, 0.05) is 35.8 Å². The molecule has 0 bridgehead atoms. The number of anilines is 1. The second-order valence-corrected chi connectivity index (χ2v) is 4.54. The smallest absolute Gasteiger partial charge is 0.236 e. The monoisotopic (exact) mass is 325 g/mol. The van der Waals surface area contributed by atoms with E-state index in [0.29, 0.717) is 0 Å². The number of likely N-dealkylation sites (tertiary alicyclic amines) is 1. The van der Waals surface area contributed by atoms with Crippen molar-refractivity contribution in [3.8, 4) is 6.07 Å². The van der Waals surface area contributed by atoms with Gasteiger partial charge in [0.25, 0.3) is 0 Å². The lowest BCUT2D eigenvalue weighted by Crippen LogP contribution is -2.52. The van der Waals surface area contributed by atoms with Crippen LogP contribution < -0.4 is 4.90 Å². The third-order valence-electron chi connectivity index (χ3n) is 3.10. The molecule has 0 aliphatic carbocycles. The number of piperidine rings is 1. The summed E-state index contributed by atoms with van der Waals surface area (Å²) >= 11 is 0. The van der Waals surface area contributed by atoms with Gasteiger partial charge in [-0.15, -0.1) is 0 Å². The molecule has 1 aliphatic rings. The Morgan fingerprint density at radius 2 is 2.70 bits per heavy atom. The van der Waals surface area contributed by atoms with Crippen LogP contribution in [0.3, 0.4) is 0 Å². The molecular formula is C16H20N6O. The number of hydrogen-bond donors (Lipinski definition) is 1. The van der Waals surface area contributed by atoms with Gasteiger partial charge in [-0.25, -0.2) is 9.97 Å². The van der Waals surface area contributed by atoms with E-state index < -0.39 is 61.3 Å². The van der Waals surface area contributed by atoms with E-state index in [1.165, 1.54) is 0 Å². The van der Waals surface area contributed by atoms with Crippen molar-refractivity contribution < 1.29 is 22.6 Å². The lowest BCUT2D eigenvalue weighted by molar-refractivity contribution is -0.131. The van der Waals surface area contributed by atoms with E-state index in [1.807, 2.05) is 0 Å². The number of amides is 1. The van der Waals surface area contributed by atoms with Crippen molar-refractivity contribution in [3.63, 3.8) is 0 Å². The molecule has 7 heteroatoms. The molecule has 1 fully saturated rings. The quantitative estimate of drug-likeness (QED) is 0.925. The van der Waals surface area contributed by atoms with Gasteiger partial charge >= 0.3 is 0 Å². The van der Waals surface area contributed by atoms with E-state index in [9.17, 15) is 4.79 Å². The molecule has 1 N–H and O–H groups in total. The zero-order chi connectivity index (χ0) is 27.9. The normalized spacial score (nSPS) is 40.4. The second kappa shape index (κ2) is 6.24. The molecular weight excluding hydrogens is 292 g/mol. The summed E-state index contributed by atoms with van der Waals surface area (Å²) in [7, 11) is 0. The highest BCUT2D eigenvalue weighted by Crippen LogP contribution is 2.28. The maximum atomic E-state index is 13.0. The fraction of sp³-hybridized carbons (Fsp3) is 0.500. The largest absolute Gasteiger partial charge is 0.354 e. The zero-order valence-corrected chi connectivity index (χ0v) is 11.9. The number of nitrogens with zero attached hydrogens (tertiary/aromatic N) is 5. The first kappa shape index (κ1) is 6.11. The number of H-pyrrole nitrogens is 1. The van der Waals surface area contributed by atoms with Gasteiger partial charge in [0.2, 0.25) is 5.91 Å². The van der Waals surface area contributed by atoms with Crippen molar-refractivity contribution in [2.45, 2.75) is 25.7 Å². The summed E-state index contributed by atoms with van der Waals surface area (Å²) in [5, 5.41) is 8.81. The van der Waals surface area contributed by atoms with E-state index in [0.717, 1.165) is 25.5 Å². The van der Waals surface area contributed by atoms with Crippen molar-refractivity contribution in [2.24, 2.45) is 5.92 Å². The average Bonchev–Trinajstić information content (AvgIpc) is 3.12. The molecule has 1 amide bonds. The SMILES string of the molecule is [2H]c1c[nH]c2ncnc(N(C([2H])([2H])[2H])[C@]3([2H])[C@H](C)C([2H])([2H])C([2H])([2H])N(C(=O)C([2H])([2H])C#N)C3([2H])[2H])c12. The van der Waals surface area contributed by atoms with Gasteiger partial charge in [0.15, 0.2) is 0 Å². The summed E-state index contributed by atoms with van der Waals surface area (Å²) in [5.41, 5.74) is -0.0704. The lowest BCUT2D eigenvalue weighted by atomic mass is 9.92. The standard InChI is InChI=1S/C16H20N6O/c1-11-5-8-22(14(23)3-6-17)9-13(11)21(2)16-12-4-7-18-15(12)19-10-20-16/h4,7,10-11,13H,3,5,8-9H2,1-2H3,(H,18,19,20)/t11-,13+/m1/s1/i2D3,3D2,4D,5D2,8D2,9D2,13D. The molecule has 3 heterocycles. The first-order chi connectivity index (χ1) is 16.1. The molecule has 1 saturated heterocycles. The number of aromatic amines is 1. The van der Waals surface area contributed by atoms with Gasteiger partial charge in [0.1, 0.15) is 24.2 Å². The molecule has 2 aromatic heterocycles. The van der Waals surface area contributed by atoms with Gasteiger partial charge in [0.05, 0.1) is 25.7 Å². The van der Waals surface area contributed by atoms with Crippen LogP contribution in [0, 0.1) is 17.2 Å². The minimum Gasteiger partial charge on any atom is -0.354 e. The third-order valence-corrected chi connectivity index (χ3v) is 3.10. The number of nitrogens with one attached hydrogen (secondary N) is 1. The number of likely N-dealkylation sites (N-methyl/N-ethyl adjacent to an activating group) is 1. The number of nitriles is 1. The Hall–Kier alpha value is -2.62. The van der Waals surface area contributed by atoms with Crippen LogP contribution in [0.15, 0.2) is 18.6 Å². The third kappa shape index (κ3) is 2.84. The fourth-order valence-electron chi connectivity index (χ4n) is 2.00. The summed E-state index contributed by atoms with van der Waals surface area (Å²) in [6.45, 7) is -10.0. The second-order valence-electron chi connectivity index (χ2n) is 4.54. The molecule has 120 valence electrons. The highest BCUT2D eigenvalue weighted by molar-refractivity contribution is 5.87. The molecule has 7 nitrogen and oxygen atoms in total. The van der Waals surface area contributed by atoms with Crippen molar-refractivity contribution in [1.82, 2.24) is 19.9 Å². The van der Waals surface area contributed by atoms with Crippen LogP contribution in [0.1, 0.15) is 37.5 Å². The molecule has 3 rings (SSSR count). The maximum Gasteiger partial charge on any atom is 0.236 e. The summed E-state index contributed by atoms with van der Waals surface area (Å²) in [5.74, 6) is -5.01. The van der Waals surface area contributed by atoms with E-state index in [2.05, 4.69) is 15.0 Å². The lowest BCUT2D eigenvalue weighted by Gasteiger charge is -2.42. The van der Waals surface area contributed by atoms with Gasteiger partial charge < -0.3 is 14.8 Å². The van der Waals surface area contributed by atoms with E-state index in [1.54, 1.807) is 0 Å². The number of hydrogen-bond acceptors (Lipinski definition) is 5. The van der Waals surface area contributed by atoms with Crippen molar-refractivity contribution >= 4 is 22.8 Å².